The average molecular weight is 317 g/mol. The van der Waals surface area contributed by atoms with E-state index in [1.165, 1.54) is 18.4 Å². The summed E-state index contributed by atoms with van der Waals surface area (Å²) in [6, 6.07) is 0.214. The Morgan fingerprint density at radius 3 is 2.67 bits per heavy atom. The predicted octanol–water partition coefficient (Wildman–Crippen LogP) is 0.605. The van der Waals surface area contributed by atoms with Gasteiger partial charge in [0.05, 0.1) is 0 Å². The number of rotatable bonds is 5. The molecule has 1 aliphatic heterocycles. The molecule has 0 unspecified atom stereocenters. The van der Waals surface area contributed by atoms with Gasteiger partial charge in [-0.25, -0.2) is 0 Å². The molecule has 1 heterocycles. The minimum absolute atomic E-state index is 0.112. The normalized spacial score (nSPS) is 31.4. The zero-order chi connectivity index (χ0) is 15.6. The summed E-state index contributed by atoms with van der Waals surface area (Å²) >= 11 is 0. The van der Waals surface area contributed by atoms with Crippen LogP contribution in [0.25, 0.3) is 0 Å². The SMILES string of the molecule is CCCN1CC[C@H](NS(=O)(=O)N(C)C)[C@H]2CC(=O)CC[C@@H]21. The fraction of sp³-hybridized carbons (Fsp3) is 0.929. The smallest absolute Gasteiger partial charge is 0.279 e. The minimum atomic E-state index is -3.44. The van der Waals surface area contributed by atoms with Crippen LogP contribution < -0.4 is 4.72 Å². The topological polar surface area (TPSA) is 69.7 Å². The highest BCUT2D eigenvalue weighted by molar-refractivity contribution is 7.87. The van der Waals surface area contributed by atoms with Crippen molar-refractivity contribution >= 4 is 16.0 Å². The zero-order valence-electron chi connectivity index (χ0n) is 13.2. The number of nitrogens with zero attached hydrogens (tertiary/aromatic N) is 2. The Morgan fingerprint density at radius 2 is 2.05 bits per heavy atom. The molecule has 1 N–H and O–H groups in total. The van der Waals surface area contributed by atoms with E-state index in [9.17, 15) is 13.2 Å². The Kier molecular flexibility index (Phi) is 5.40. The van der Waals surface area contributed by atoms with E-state index in [2.05, 4.69) is 16.5 Å². The Hall–Kier alpha value is -0.500. The monoisotopic (exact) mass is 317 g/mol. The second-order valence-electron chi connectivity index (χ2n) is 6.35. The third kappa shape index (κ3) is 3.83. The van der Waals surface area contributed by atoms with Crippen molar-refractivity contribution in [1.82, 2.24) is 13.9 Å². The molecule has 21 heavy (non-hydrogen) atoms. The Bertz CT molecular complexity index is 478. The summed E-state index contributed by atoms with van der Waals surface area (Å²) in [6.45, 7) is 4.09. The number of carbonyl (C=O) groups excluding carboxylic acids is 1. The van der Waals surface area contributed by atoms with Gasteiger partial charge in [0.1, 0.15) is 5.78 Å². The lowest BCUT2D eigenvalue weighted by atomic mass is 9.75. The summed E-state index contributed by atoms with van der Waals surface area (Å²) in [4.78, 5) is 14.3. The first-order chi connectivity index (χ1) is 9.85. The van der Waals surface area contributed by atoms with E-state index in [0.717, 1.165) is 32.4 Å². The van der Waals surface area contributed by atoms with Crippen LogP contribution in [0.15, 0.2) is 0 Å². The van der Waals surface area contributed by atoms with E-state index in [1.54, 1.807) is 0 Å². The van der Waals surface area contributed by atoms with Crippen molar-refractivity contribution in [3.8, 4) is 0 Å². The van der Waals surface area contributed by atoms with Gasteiger partial charge in [-0.1, -0.05) is 6.92 Å². The number of fused-ring (bicyclic) bond motifs is 1. The average Bonchev–Trinajstić information content (AvgIpc) is 2.41. The minimum Gasteiger partial charge on any atom is -0.300 e. The van der Waals surface area contributed by atoms with Gasteiger partial charge < -0.3 is 0 Å². The second kappa shape index (κ2) is 6.73. The van der Waals surface area contributed by atoms with Gasteiger partial charge in [-0.3, -0.25) is 9.69 Å². The van der Waals surface area contributed by atoms with E-state index >= 15 is 0 Å². The maximum atomic E-state index is 12.1. The summed E-state index contributed by atoms with van der Waals surface area (Å²) in [5.74, 6) is 0.380. The fourth-order valence-corrected chi connectivity index (χ4v) is 4.47. The van der Waals surface area contributed by atoms with Gasteiger partial charge in [-0.15, -0.1) is 0 Å². The van der Waals surface area contributed by atoms with E-state index in [-0.39, 0.29) is 17.7 Å². The fourth-order valence-electron chi connectivity index (χ4n) is 3.58. The van der Waals surface area contributed by atoms with Crippen molar-refractivity contribution in [1.29, 1.82) is 0 Å². The maximum Gasteiger partial charge on any atom is 0.279 e. The number of piperidine rings is 1. The molecule has 1 saturated heterocycles. The molecule has 122 valence electrons. The Morgan fingerprint density at radius 1 is 1.33 bits per heavy atom. The van der Waals surface area contributed by atoms with Gasteiger partial charge in [0.15, 0.2) is 0 Å². The molecule has 0 bridgehead atoms. The summed E-state index contributed by atoms with van der Waals surface area (Å²) in [7, 11) is -0.390. The number of nitrogens with one attached hydrogen (secondary N) is 1. The van der Waals surface area contributed by atoms with Crippen molar-refractivity contribution in [2.45, 2.75) is 51.1 Å². The molecule has 0 spiro atoms. The van der Waals surface area contributed by atoms with Gasteiger partial charge >= 0.3 is 0 Å². The van der Waals surface area contributed by atoms with E-state index in [0.29, 0.717) is 18.9 Å². The maximum absolute atomic E-state index is 12.1. The van der Waals surface area contributed by atoms with Gasteiger partial charge in [0.25, 0.3) is 10.2 Å². The largest absolute Gasteiger partial charge is 0.300 e. The number of hydrogen-bond acceptors (Lipinski definition) is 4. The lowest BCUT2D eigenvalue weighted by Gasteiger charge is -2.47. The van der Waals surface area contributed by atoms with Crippen molar-refractivity contribution in [3.63, 3.8) is 0 Å². The van der Waals surface area contributed by atoms with Crippen molar-refractivity contribution in [2.24, 2.45) is 5.92 Å². The number of likely N-dealkylation sites (tertiary alicyclic amines) is 1. The molecule has 2 aliphatic rings. The van der Waals surface area contributed by atoms with Gasteiger partial charge in [0.2, 0.25) is 0 Å². The molecule has 0 radical (unpaired) electrons. The van der Waals surface area contributed by atoms with Gasteiger partial charge in [0, 0.05) is 39.0 Å². The highest BCUT2D eigenvalue weighted by Gasteiger charge is 2.42. The molecule has 3 atom stereocenters. The molecule has 0 amide bonds. The molecule has 2 rings (SSSR count). The van der Waals surface area contributed by atoms with Crippen molar-refractivity contribution in [3.05, 3.63) is 0 Å². The molecule has 0 aromatic heterocycles. The molecule has 0 aromatic carbocycles. The number of Topliss-reactive ketones (excluding diaryl/α,β-unsaturated/α-hetero) is 1. The standard InChI is InChI=1S/C14H27N3O3S/c1-4-8-17-9-7-13(15-21(19,20)16(2)3)12-10-11(18)5-6-14(12)17/h12-15H,4-10H2,1-3H3/t12-,13+,14+/m1/s1. The molecular weight excluding hydrogens is 290 g/mol. The van der Waals surface area contributed by atoms with Gasteiger partial charge in [-0.05, 0) is 38.3 Å². The summed E-state index contributed by atoms with van der Waals surface area (Å²) in [5, 5.41) is 0. The lowest BCUT2D eigenvalue weighted by Crippen LogP contribution is -2.59. The van der Waals surface area contributed by atoms with Crippen LogP contribution in [0.4, 0.5) is 0 Å². The lowest BCUT2D eigenvalue weighted by molar-refractivity contribution is -0.124. The van der Waals surface area contributed by atoms with Crippen LogP contribution in [0.2, 0.25) is 0 Å². The van der Waals surface area contributed by atoms with Crippen molar-refractivity contribution < 1.29 is 13.2 Å². The van der Waals surface area contributed by atoms with Crippen LogP contribution >= 0.6 is 0 Å². The van der Waals surface area contributed by atoms with Crippen LogP contribution in [0.1, 0.15) is 39.0 Å². The first-order valence-corrected chi connectivity index (χ1v) is 9.24. The van der Waals surface area contributed by atoms with Crippen LogP contribution in [0.5, 0.6) is 0 Å². The summed E-state index contributed by atoms with van der Waals surface area (Å²) in [6.07, 6.45) is 3.87. The van der Waals surface area contributed by atoms with Crippen LogP contribution in [0, 0.1) is 5.92 Å². The molecule has 2 fully saturated rings. The molecule has 1 saturated carbocycles. The molecule has 0 aromatic rings. The predicted molar refractivity (Wildman–Crippen MR) is 82.1 cm³/mol. The van der Waals surface area contributed by atoms with E-state index in [4.69, 9.17) is 0 Å². The van der Waals surface area contributed by atoms with Crippen LogP contribution in [0.3, 0.4) is 0 Å². The summed E-state index contributed by atoms with van der Waals surface area (Å²) in [5.41, 5.74) is 0. The third-order valence-corrected chi connectivity index (χ3v) is 6.24. The van der Waals surface area contributed by atoms with E-state index < -0.39 is 10.2 Å². The highest BCUT2D eigenvalue weighted by Crippen LogP contribution is 2.34. The number of ketones is 1. The van der Waals surface area contributed by atoms with Gasteiger partial charge in [-0.2, -0.15) is 17.4 Å². The van der Waals surface area contributed by atoms with E-state index in [1.807, 2.05) is 0 Å². The molecule has 6 nitrogen and oxygen atoms in total. The van der Waals surface area contributed by atoms with Crippen LogP contribution in [-0.2, 0) is 15.0 Å². The summed E-state index contributed by atoms with van der Waals surface area (Å²) < 4.78 is 28.2. The number of carbonyl (C=O) groups is 1. The second-order valence-corrected chi connectivity index (χ2v) is 8.27. The molecule has 1 aliphatic carbocycles. The highest BCUT2D eigenvalue weighted by atomic mass is 32.2. The van der Waals surface area contributed by atoms with Crippen molar-refractivity contribution in [2.75, 3.05) is 27.2 Å². The number of hydrogen-bond donors (Lipinski definition) is 1. The quantitative estimate of drug-likeness (QED) is 0.806. The third-order valence-electron chi connectivity index (χ3n) is 4.68. The van der Waals surface area contributed by atoms with Crippen LogP contribution in [-0.4, -0.2) is 62.7 Å². The molecule has 7 heteroatoms. The first-order valence-electron chi connectivity index (χ1n) is 7.80. The molecular formula is C14H27N3O3S. The Labute approximate surface area is 128 Å². The zero-order valence-corrected chi connectivity index (χ0v) is 14.0. The Balaban J connectivity index is 2.14. The first kappa shape index (κ1) is 16.9.